The van der Waals surface area contributed by atoms with Crippen molar-refractivity contribution in [2.45, 2.75) is 18.2 Å². The molecule has 0 aliphatic heterocycles. The highest BCUT2D eigenvalue weighted by atomic mass is 32.2. The Balaban J connectivity index is 3.00. The summed E-state index contributed by atoms with van der Waals surface area (Å²) in [6, 6.07) is 0. The molecule has 4 heteroatoms. The fourth-order valence-corrected chi connectivity index (χ4v) is 1.52. The molecule has 11 heavy (non-hydrogen) atoms. The van der Waals surface area contributed by atoms with Gasteiger partial charge in [-0.05, 0) is 13.2 Å². The van der Waals surface area contributed by atoms with Crippen LogP contribution in [0.5, 0.6) is 0 Å². The molecular formula is C7H12N2OS. The average molecular weight is 172 g/mol. The van der Waals surface area contributed by atoms with Crippen LogP contribution in [0.3, 0.4) is 0 Å². The van der Waals surface area contributed by atoms with E-state index in [2.05, 4.69) is 4.98 Å². The minimum atomic E-state index is -0.437. The summed E-state index contributed by atoms with van der Waals surface area (Å²) in [5, 5.41) is 10.2. The molecule has 0 aliphatic rings. The van der Waals surface area contributed by atoms with Gasteiger partial charge in [-0.15, -0.1) is 0 Å². The second-order valence-electron chi connectivity index (χ2n) is 2.40. The van der Waals surface area contributed by atoms with Crippen LogP contribution in [0.1, 0.15) is 18.7 Å². The highest BCUT2D eigenvalue weighted by Gasteiger charge is 2.08. The quantitative estimate of drug-likeness (QED) is 0.681. The Hall–Kier alpha value is -0.480. The van der Waals surface area contributed by atoms with Gasteiger partial charge in [-0.1, -0.05) is 11.8 Å². The zero-order valence-electron chi connectivity index (χ0n) is 6.90. The molecule has 1 unspecified atom stereocenters. The number of rotatable bonds is 2. The number of imidazole rings is 1. The second kappa shape index (κ2) is 3.28. The van der Waals surface area contributed by atoms with Crippen molar-refractivity contribution in [3.63, 3.8) is 0 Å². The molecule has 0 fully saturated rings. The van der Waals surface area contributed by atoms with Gasteiger partial charge in [0.2, 0.25) is 0 Å². The number of hydrogen-bond donors (Lipinski definition) is 1. The van der Waals surface area contributed by atoms with Crippen LogP contribution in [0.2, 0.25) is 0 Å². The van der Waals surface area contributed by atoms with Crippen molar-refractivity contribution >= 4 is 11.8 Å². The van der Waals surface area contributed by atoms with Gasteiger partial charge in [-0.3, -0.25) is 0 Å². The molecule has 1 heterocycles. The minimum absolute atomic E-state index is 0.437. The van der Waals surface area contributed by atoms with Gasteiger partial charge in [-0.25, -0.2) is 4.98 Å². The lowest BCUT2D eigenvalue weighted by Crippen LogP contribution is -2.00. The molecule has 0 radical (unpaired) electrons. The predicted octanol–water partition coefficient (Wildman–Crippen LogP) is 1.20. The Morgan fingerprint density at radius 1 is 1.73 bits per heavy atom. The fourth-order valence-electron chi connectivity index (χ4n) is 0.983. The van der Waals surface area contributed by atoms with Gasteiger partial charge in [0.15, 0.2) is 5.16 Å². The Morgan fingerprint density at radius 2 is 2.36 bits per heavy atom. The topological polar surface area (TPSA) is 38.1 Å². The summed E-state index contributed by atoms with van der Waals surface area (Å²) < 4.78 is 1.90. The van der Waals surface area contributed by atoms with E-state index < -0.39 is 6.10 Å². The second-order valence-corrected chi connectivity index (χ2v) is 3.18. The molecular weight excluding hydrogens is 160 g/mol. The highest BCUT2D eigenvalue weighted by molar-refractivity contribution is 7.98. The van der Waals surface area contributed by atoms with E-state index in [1.165, 1.54) is 0 Å². The number of aliphatic hydroxyl groups is 1. The molecule has 0 saturated carbocycles. The molecule has 1 aromatic heterocycles. The Kier molecular flexibility index (Phi) is 2.57. The SMILES string of the molecule is CSc1ncc(C(C)O)n1C. The summed E-state index contributed by atoms with van der Waals surface area (Å²) in [5.74, 6) is 0. The standard InChI is InChI=1S/C7H12N2OS/c1-5(10)6-4-8-7(11-3)9(6)2/h4-5,10H,1-3H3. The number of aromatic nitrogens is 2. The lowest BCUT2D eigenvalue weighted by atomic mass is 10.3. The average Bonchev–Trinajstić information content (AvgIpc) is 2.30. The lowest BCUT2D eigenvalue weighted by molar-refractivity contribution is 0.189. The molecule has 1 atom stereocenters. The van der Waals surface area contributed by atoms with Crippen molar-refractivity contribution in [1.82, 2.24) is 9.55 Å². The third-order valence-electron chi connectivity index (χ3n) is 1.59. The van der Waals surface area contributed by atoms with Crippen molar-refractivity contribution in [2.24, 2.45) is 7.05 Å². The number of aliphatic hydroxyl groups excluding tert-OH is 1. The molecule has 0 spiro atoms. The third kappa shape index (κ3) is 1.57. The number of thioether (sulfide) groups is 1. The van der Waals surface area contributed by atoms with E-state index in [0.717, 1.165) is 10.9 Å². The summed E-state index contributed by atoms with van der Waals surface area (Å²) in [7, 11) is 1.90. The van der Waals surface area contributed by atoms with Gasteiger partial charge < -0.3 is 9.67 Å². The number of hydrogen-bond acceptors (Lipinski definition) is 3. The summed E-state index contributed by atoms with van der Waals surface area (Å²) in [5.41, 5.74) is 0.856. The van der Waals surface area contributed by atoms with E-state index in [-0.39, 0.29) is 0 Å². The molecule has 0 saturated heterocycles. The molecule has 1 aromatic rings. The molecule has 3 nitrogen and oxygen atoms in total. The zero-order valence-corrected chi connectivity index (χ0v) is 7.72. The van der Waals surface area contributed by atoms with Crippen molar-refractivity contribution in [3.8, 4) is 0 Å². The van der Waals surface area contributed by atoms with Crippen LogP contribution in [-0.4, -0.2) is 20.9 Å². The first-order valence-electron chi connectivity index (χ1n) is 3.40. The maximum absolute atomic E-state index is 9.24. The van der Waals surface area contributed by atoms with Gasteiger partial charge in [-0.2, -0.15) is 0 Å². The molecule has 0 bridgehead atoms. The van der Waals surface area contributed by atoms with Crippen LogP contribution >= 0.6 is 11.8 Å². The Morgan fingerprint density at radius 3 is 2.64 bits per heavy atom. The smallest absolute Gasteiger partial charge is 0.167 e. The summed E-state index contributed by atoms with van der Waals surface area (Å²) in [6.07, 6.45) is 3.23. The molecule has 62 valence electrons. The van der Waals surface area contributed by atoms with Crippen molar-refractivity contribution in [1.29, 1.82) is 0 Å². The van der Waals surface area contributed by atoms with E-state index in [1.54, 1.807) is 24.9 Å². The summed E-state index contributed by atoms with van der Waals surface area (Å²) >= 11 is 1.57. The van der Waals surface area contributed by atoms with E-state index in [9.17, 15) is 5.11 Å². The van der Waals surface area contributed by atoms with Gasteiger partial charge >= 0.3 is 0 Å². The van der Waals surface area contributed by atoms with Crippen LogP contribution in [-0.2, 0) is 7.05 Å². The fraction of sp³-hybridized carbons (Fsp3) is 0.571. The van der Waals surface area contributed by atoms with Crippen LogP contribution in [0.4, 0.5) is 0 Å². The first-order chi connectivity index (χ1) is 5.16. The highest BCUT2D eigenvalue weighted by Crippen LogP contribution is 2.18. The maximum atomic E-state index is 9.24. The maximum Gasteiger partial charge on any atom is 0.167 e. The summed E-state index contributed by atoms with van der Waals surface area (Å²) in [4.78, 5) is 4.12. The molecule has 1 rings (SSSR count). The molecule has 1 N–H and O–H groups in total. The minimum Gasteiger partial charge on any atom is -0.387 e. The van der Waals surface area contributed by atoms with Gasteiger partial charge in [0, 0.05) is 7.05 Å². The predicted molar refractivity (Wildman–Crippen MR) is 45.6 cm³/mol. The Labute approximate surface area is 70.4 Å². The third-order valence-corrected chi connectivity index (χ3v) is 2.34. The monoisotopic (exact) mass is 172 g/mol. The van der Waals surface area contributed by atoms with E-state index >= 15 is 0 Å². The van der Waals surface area contributed by atoms with Crippen LogP contribution in [0.25, 0.3) is 0 Å². The molecule has 0 aliphatic carbocycles. The van der Waals surface area contributed by atoms with Gasteiger partial charge in [0.05, 0.1) is 18.0 Å². The van der Waals surface area contributed by atoms with Crippen molar-refractivity contribution < 1.29 is 5.11 Å². The Bertz CT molecular complexity index is 245. The van der Waals surface area contributed by atoms with Crippen LogP contribution < -0.4 is 0 Å². The van der Waals surface area contributed by atoms with Gasteiger partial charge in [0.25, 0.3) is 0 Å². The summed E-state index contributed by atoms with van der Waals surface area (Å²) in [6.45, 7) is 1.74. The first kappa shape index (κ1) is 8.62. The van der Waals surface area contributed by atoms with E-state index in [1.807, 2.05) is 17.9 Å². The first-order valence-corrected chi connectivity index (χ1v) is 4.63. The van der Waals surface area contributed by atoms with Gasteiger partial charge in [0.1, 0.15) is 0 Å². The van der Waals surface area contributed by atoms with Crippen molar-refractivity contribution in [3.05, 3.63) is 11.9 Å². The van der Waals surface area contributed by atoms with Crippen LogP contribution in [0.15, 0.2) is 11.4 Å². The molecule has 0 amide bonds. The lowest BCUT2D eigenvalue weighted by Gasteiger charge is -2.05. The number of nitrogens with zero attached hydrogens (tertiary/aromatic N) is 2. The van der Waals surface area contributed by atoms with Crippen molar-refractivity contribution in [2.75, 3.05) is 6.26 Å². The van der Waals surface area contributed by atoms with E-state index in [0.29, 0.717) is 0 Å². The molecule has 0 aromatic carbocycles. The van der Waals surface area contributed by atoms with E-state index in [4.69, 9.17) is 0 Å². The zero-order chi connectivity index (χ0) is 8.43. The largest absolute Gasteiger partial charge is 0.387 e. The van der Waals surface area contributed by atoms with Crippen LogP contribution in [0, 0.1) is 0 Å². The normalized spacial score (nSPS) is 13.5.